The van der Waals surface area contributed by atoms with Gasteiger partial charge < -0.3 is 25.1 Å². The van der Waals surface area contributed by atoms with Gasteiger partial charge in [-0.25, -0.2) is 0 Å². The SMILES string of the molecule is CON=C1C(Sc2ccccc2)CC23OC4C(CC2(C)C(C)CCC3C1(C)C)C(O)CC1C(=O)NC(O)C14. The summed E-state index contributed by atoms with van der Waals surface area (Å²) in [7, 11) is 1.63. The number of oxime groups is 1. The summed E-state index contributed by atoms with van der Waals surface area (Å²) in [6.07, 6.45) is 2.17. The molecule has 5 aliphatic rings. The number of aliphatic hydroxyl groups excluding tert-OH is 2. The van der Waals surface area contributed by atoms with Gasteiger partial charge in [-0.05, 0) is 61.5 Å². The fraction of sp³-hybridized carbons (Fsp3) is 0.733. The van der Waals surface area contributed by atoms with Gasteiger partial charge in [0.25, 0.3) is 0 Å². The first-order valence-electron chi connectivity index (χ1n) is 14.2. The predicted octanol–water partition coefficient (Wildman–Crippen LogP) is 4.22. The van der Waals surface area contributed by atoms with E-state index >= 15 is 0 Å². The lowest BCUT2D eigenvalue weighted by Gasteiger charge is -2.70. The molecule has 11 unspecified atom stereocenters. The van der Waals surface area contributed by atoms with E-state index in [-0.39, 0.29) is 45.8 Å². The second-order valence-corrected chi connectivity index (χ2v) is 14.5. The van der Waals surface area contributed by atoms with Crippen LogP contribution < -0.4 is 5.32 Å². The molecule has 3 N–H and O–H groups in total. The lowest BCUT2D eigenvalue weighted by atomic mass is 9.42. The first-order chi connectivity index (χ1) is 18.0. The van der Waals surface area contributed by atoms with Crippen LogP contribution >= 0.6 is 11.8 Å². The summed E-state index contributed by atoms with van der Waals surface area (Å²) in [6, 6.07) is 10.4. The van der Waals surface area contributed by atoms with Crippen LogP contribution in [0.25, 0.3) is 0 Å². The van der Waals surface area contributed by atoms with Crippen molar-refractivity contribution >= 4 is 23.4 Å². The van der Waals surface area contributed by atoms with Crippen LogP contribution in [0.2, 0.25) is 0 Å². The molecule has 2 heterocycles. The normalized spacial score (nSPS) is 48.3. The number of hydrogen-bond donors (Lipinski definition) is 3. The quantitative estimate of drug-likeness (QED) is 0.495. The lowest BCUT2D eigenvalue weighted by molar-refractivity contribution is -0.323. The molecule has 3 aliphatic carbocycles. The molecule has 208 valence electrons. The Morgan fingerprint density at radius 2 is 1.87 bits per heavy atom. The van der Waals surface area contributed by atoms with Gasteiger partial charge in [-0.1, -0.05) is 51.0 Å². The molecule has 2 saturated heterocycles. The summed E-state index contributed by atoms with van der Waals surface area (Å²) in [5.74, 6) is -0.426. The Labute approximate surface area is 230 Å². The minimum Gasteiger partial charge on any atom is -0.399 e. The Kier molecular flexibility index (Phi) is 6.45. The summed E-state index contributed by atoms with van der Waals surface area (Å²) >= 11 is 1.82. The highest BCUT2D eigenvalue weighted by atomic mass is 32.2. The number of rotatable bonds is 3. The summed E-state index contributed by atoms with van der Waals surface area (Å²) in [6.45, 7) is 9.30. The molecule has 3 saturated carbocycles. The van der Waals surface area contributed by atoms with Crippen LogP contribution in [-0.4, -0.2) is 58.2 Å². The summed E-state index contributed by atoms with van der Waals surface area (Å²) in [5.41, 5.74) is 0.120. The summed E-state index contributed by atoms with van der Waals surface area (Å²) in [5, 5.41) is 29.7. The third kappa shape index (κ3) is 3.66. The molecule has 2 aliphatic heterocycles. The third-order valence-electron chi connectivity index (χ3n) is 11.3. The molecular formula is C30H42N2O5S. The molecule has 1 aromatic rings. The number of fused-ring (bicyclic) bond motifs is 3. The number of ether oxygens (including phenoxy) is 1. The van der Waals surface area contributed by atoms with Crippen molar-refractivity contribution in [3.63, 3.8) is 0 Å². The van der Waals surface area contributed by atoms with Crippen LogP contribution in [0.4, 0.5) is 0 Å². The van der Waals surface area contributed by atoms with E-state index < -0.39 is 23.9 Å². The molecular weight excluding hydrogens is 500 g/mol. The van der Waals surface area contributed by atoms with E-state index in [0.717, 1.165) is 31.4 Å². The maximum atomic E-state index is 12.7. The van der Waals surface area contributed by atoms with Crippen molar-refractivity contribution in [2.24, 2.45) is 45.6 Å². The number of hydrogen-bond acceptors (Lipinski definition) is 7. The van der Waals surface area contributed by atoms with Crippen molar-refractivity contribution in [1.82, 2.24) is 5.32 Å². The zero-order valence-electron chi connectivity index (χ0n) is 23.1. The largest absolute Gasteiger partial charge is 0.399 e. The molecule has 11 atom stereocenters. The molecule has 5 fully saturated rings. The molecule has 0 radical (unpaired) electrons. The van der Waals surface area contributed by atoms with Gasteiger partial charge in [-0.15, -0.1) is 11.8 Å². The number of nitrogens with one attached hydrogen (secondary N) is 1. The fourth-order valence-corrected chi connectivity index (χ4v) is 10.7. The van der Waals surface area contributed by atoms with Crippen LogP contribution in [-0.2, 0) is 14.4 Å². The van der Waals surface area contributed by atoms with E-state index in [2.05, 4.69) is 62.4 Å². The second kappa shape index (κ2) is 9.22. The van der Waals surface area contributed by atoms with Gasteiger partial charge in [0, 0.05) is 22.1 Å². The highest BCUT2D eigenvalue weighted by molar-refractivity contribution is 8.00. The van der Waals surface area contributed by atoms with Gasteiger partial charge in [0.1, 0.15) is 13.3 Å². The summed E-state index contributed by atoms with van der Waals surface area (Å²) < 4.78 is 7.47. The average Bonchev–Trinajstić information content (AvgIpc) is 3.15. The molecule has 0 aromatic heterocycles. The number of amides is 1. The molecule has 1 aromatic carbocycles. The maximum absolute atomic E-state index is 12.7. The molecule has 1 amide bonds. The van der Waals surface area contributed by atoms with Gasteiger partial charge in [-0.3, -0.25) is 4.79 Å². The Hall–Kier alpha value is -1.61. The van der Waals surface area contributed by atoms with Gasteiger partial charge in [0.15, 0.2) is 0 Å². The molecule has 8 heteroatoms. The number of benzene rings is 1. The van der Waals surface area contributed by atoms with E-state index in [1.165, 1.54) is 4.90 Å². The zero-order valence-corrected chi connectivity index (χ0v) is 23.9. The van der Waals surface area contributed by atoms with Crippen molar-refractivity contribution in [3.05, 3.63) is 30.3 Å². The van der Waals surface area contributed by atoms with Crippen LogP contribution in [0, 0.1) is 40.4 Å². The lowest BCUT2D eigenvalue weighted by Crippen LogP contribution is -2.74. The predicted molar refractivity (Wildman–Crippen MR) is 146 cm³/mol. The van der Waals surface area contributed by atoms with Crippen molar-refractivity contribution < 1.29 is 24.6 Å². The van der Waals surface area contributed by atoms with Gasteiger partial charge >= 0.3 is 0 Å². The van der Waals surface area contributed by atoms with E-state index in [4.69, 9.17) is 9.57 Å². The number of nitrogens with zero attached hydrogens (tertiary/aromatic N) is 1. The molecule has 1 spiro atoms. The smallest absolute Gasteiger partial charge is 0.225 e. The Bertz CT molecular complexity index is 1110. The van der Waals surface area contributed by atoms with Crippen LogP contribution in [0.5, 0.6) is 0 Å². The molecule has 6 rings (SSSR count). The van der Waals surface area contributed by atoms with Crippen molar-refractivity contribution in [1.29, 1.82) is 0 Å². The van der Waals surface area contributed by atoms with Crippen LogP contribution in [0.1, 0.15) is 59.8 Å². The zero-order chi connectivity index (χ0) is 27.0. The Morgan fingerprint density at radius 1 is 1.13 bits per heavy atom. The third-order valence-corrected chi connectivity index (χ3v) is 12.5. The standard InChI is InChI=1S/C30H42N2O5S/c1-16-11-12-22-28(2,3)25(32-36-5)21(38-17-9-7-6-8-10-17)15-30(22)29(16,4)14-19-20(33)13-18-23(24(19)37-30)27(35)31-26(18)34/h6-10,16,18-24,27,33,35H,11-15H2,1-5H3,(H,31,34). The van der Waals surface area contributed by atoms with E-state index in [0.29, 0.717) is 12.3 Å². The van der Waals surface area contributed by atoms with Crippen LogP contribution in [0.3, 0.4) is 0 Å². The van der Waals surface area contributed by atoms with Gasteiger partial charge in [0.05, 0.1) is 34.7 Å². The Balaban J connectivity index is 1.47. The highest BCUT2D eigenvalue weighted by Crippen LogP contribution is 2.69. The van der Waals surface area contributed by atoms with Crippen molar-refractivity contribution in [3.8, 4) is 0 Å². The number of carbonyl (C=O) groups is 1. The van der Waals surface area contributed by atoms with E-state index in [9.17, 15) is 15.0 Å². The van der Waals surface area contributed by atoms with E-state index in [1.807, 2.05) is 17.8 Å². The first kappa shape index (κ1) is 26.6. The highest BCUT2D eigenvalue weighted by Gasteiger charge is 2.72. The van der Waals surface area contributed by atoms with Gasteiger partial charge in [-0.2, -0.15) is 0 Å². The molecule has 0 bridgehead atoms. The van der Waals surface area contributed by atoms with Gasteiger partial charge in [0.2, 0.25) is 5.91 Å². The number of aliphatic hydroxyl groups is 2. The van der Waals surface area contributed by atoms with Crippen molar-refractivity contribution in [2.45, 2.75) is 94.0 Å². The summed E-state index contributed by atoms with van der Waals surface area (Å²) in [4.78, 5) is 19.4. The van der Waals surface area contributed by atoms with Crippen LogP contribution in [0.15, 0.2) is 40.4 Å². The topological polar surface area (TPSA) is 100 Å². The Morgan fingerprint density at radius 3 is 2.58 bits per heavy atom. The first-order valence-corrected chi connectivity index (χ1v) is 15.1. The molecule has 7 nitrogen and oxygen atoms in total. The fourth-order valence-electron chi connectivity index (χ4n) is 9.25. The van der Waals surface area contributed by atoms with Crippen molar-refractivity contribution in [2.75, 3.05) is 7.11 Å². The number of carbonyl (C=O) groups excluding carboxylic acids is 1. The maximum Gasteiger partial charge on any atom is 0.225 e. The minimum absolute atomic E-state index is 0.0438. The number of thioether (sulfide) groups is 1. The average molecular weight is 543 g/mol. The molecule has 38 heavy (non-hydrogen) atoms. The van der Waals surface area contributed by atoms with E-state index in [1.54, 1.807) is 7.11 Å². The monoisotopic (exact) mass is 542 g/mol. The minimum atomic E-state index is -0.940. The second-order valence-electron chi connectivity index (χ2n) is 13.2.